The van der Waals surface area contributed by atoms with E-state index in [2.05, 4.69) is 10.4 Å². The topological polar surface area (TPSA) is 23.6 Å². The van der Waals surface area contributed by atoms with Crippen LogP contribution in [0.3, 0.4) is 0 Å². The van der Waals surface area contributed by atoms with E-state index in [-0.39, 0.29) is 0 Å². The Labute approximate surface area is 88.3 Å². The molecule has 4 heteroatoms. The van der Waals surface area contributed by atoms with E-state index >= 15 is 0 Å². The molecule has 2 saturated heterocycles. The van der Waals surface area contributed by atoms with Crippen LogP contribution in [0.15, 0.2) is 11.1 Å². The summed E-state index contributed by atoms with van der Waals surface area (Å²) in [6.07, 6.45) is 6.66. The zero-order valence-electron chi connectivity index (χ0n) is 8.11. The fourth-order valence-corrected chi connectivity index (χ4v) is 3.52. The quantitative estimate of drug-likeness (QED) is 0.510. The standard InChI is InChI=1S/C10H14N2OS/c13-9-7-8-3-4-10(12(8)9)14-11-5-1-2-6-11/h4,8H,1-3,5-7H2/t8-/m1/s1. The van der Waals surface area contributed by atoms with Crippen LogP contribution >= 0.6 is 11.9 Å². The predicted molar refractivity (Wildman–Crippen MR) is 56.3 cm³/mol. The zero-order chi connectivity index (χ0) is 9.54. The van der Waals surface area contributed by atoms with Crippen LogP contribution in [-0.4, -0.2) is 34.2 Å². The van der Waals surface area contributed by atoms with E-state index in [9.17, 15) is 4.79 Å². The van der Waals surface area contributed by atoms with Gasteiger partial charge in [0.05, 0.1) is 5.03 Å². The average molecular weight is 210 g/mol. The third-order valence-electron chi connectivity index (χ3n) is 3.13. The summed E-state index contributed by atoms with van der Waals surface area (Å²) in [7, 11) is 0. The minimum Gasteiger partial charge on any atom is -0.302 e. The smallest absolute Gasteiger partial charge is 0.229 e. The molecule has 14 heavy (non-hydrogen) atoms. The third kappa shape index (κ3) is 1.28. The summed E-state index contributed by atoms with van der Waals surface area (Å²) < 4.78 is 2.37. The second-order valence-corrected chi connectivity index (χ2v) is 5.24. The van der Waals surface area contributed by atoms with Crippen molar-refractivity contribution in [2.75, 3.05) is 13.1 Å². The number of amides is 1. The van der Waals surface area contributed by atoms with Crippen LogP contribution < -0.4 is 0 Å². The van der Waals surface area contributed by atoms with Crippen LogP contribution in [0.2, 0.25) is 0 Å². The van der Waals surface area contributed by atoms with Gasteiger partial charge in [-0.2, -0.15) is 0 Å². The Hall–Kier alpha value is -0.480. The normalized spacial score (nSPS) is 31.7. The van der Waals surface area contributed by atoms with Crippen LogP contribution in [0.1, 0.15) is 25.7 Å². The fraction of sp³-hybridized carbons (Fsp3) is 0.700. The first-order valence-corrected chi connectivity index (χ1v) is 6.07. The van der Waals surface area contributed by atoms with Crippen molar-refractivity contribution in [3.05, 3.63) is 11.1 Å². The van der Waals surface area contributed by atoms with Gasteiger partial charge in [0, 0.05) is 25.6 Å². The molecule has 3 heterocycles. The summed E-state index contributed by atoms with van der Waals surface area (Å²) in [5, 5.41) is 1.19. The van der Waals surface area contributed by atoms with Gasteiger partial charge in [0.2, 0.25) is 5.91 Å². The summed E-state index contributed by atoms with van der Waals surface area (Å²) >= 11 is 1.78. The van der Waals surface area contributed by atoms with Crippen LogP contribution in [0.5, 0.6) is 0 Å². The number of fused-ring (bicyclic) bond motifs is 1. The molecule has 3 aliphatic rings. The number of hydrogen-bond acceptors (Lipinski definition) is 3. The van der Waals surface area contributed by atoms with Crippen molar-refractivity contribution in [1.82, 2.24) is 9.21 Å². The highest BCUT2D eigenvalue weighted by Gasteiger charge is 2.42. The highest BCUT2D eigenvalue weighted by Crippen LogP contribution is 2.40. The molecule has 0 saturated carbocycles. The summed E-state index contributed by atoms with van der Waals surface area (Å²) in [5.41, 5.74) is 0. The number of β-lactam (4-membered cyclic amide) rings is 1. The van der Waals surface area contributed by atoms with Gasteiger partial charge in [0.25, 0.3) is 0 Å². The van der Waals surface area contributed by atoms with Gasteiger partial charge in [0.1, 0.15) is 0 Å². The molecule has 3 rings (SSSR count). The Balaban J connectivity index is 1.64. The lowest BCUT2D eigenvalue weighted by Crippen LogP contribution is -2.48. The first kappa shape index (κ1) is 8.80. The van der Waals surface area contributed by atoms with Crippen LogP contribution in [0, 0.1) is 0 Å². The maximum absolute atomic E-state index is 11.3. The molecule has 0 N–H and O–H groups in total. The summed E-state index contributed by atoms with van der Waals surface area (Å²) in [6, 6.07) is 0.507. The van der Waals surface area contributed by atoms with Crippen LogP contribution in [-0.2, 0) is 4.79 Å². The van der Waals surface area contributed by atoms with Gasteiger partial charge in [-0.3, -0.25) is 4.79 Å². The van der Waals surface area contributed by atoms with Crippen molar-refractivity contribution in [2.24, 2.45) is 0 Å². The highest BCUT2D eigenvalue weighted by atomic mass is 32.2. The molecule has 3 nitrogen and oxygen atoms in total. The first-order valence-electron chi connectivity index (χ1n) is 5.30. The molecule has 0 radical (unpaired) electrons. The second kappa shape index (κ2) is 3.28. The third-order valence-corrected chi connectivity index (χ3v) is 4.31. The Morgan fingerprint density at radius 3 is 2.86 bits per heavy atom. The number of carbonyl (C=O) groups is 1. The molecule has 0 aromatic carbocycles. The molecule has 0 aromatic heterocycles. The minimum absolute atomic E-state index is 0.311. The zero-order valence-corrected chi connectivity index (χ0v) is 8.92. The van der Waals surface area contributed by atoms with Crippen molar-refractivity contribution in [3.8, 4) is 0 Å². The molecule has 2 fully saturated rings. The second-order valence-electron chi connectivity index (χ2n) is 4.13. The number of rotatable bonds is 2. The Kier molecular flexibility index (Phi) is 2.06. The molecular weight excluding hydrogens is 196 g/mol. The molecule has 76 valence electrons. The summed E-state index contributed by atoms with van der Waals surface area (Å²) in [6.45, 7) is 2.35. The molecule has 0 aromatic rings. The predicted octanol–water partition coefficient (Wildman–Crippen LogP) is 1.58. The summed E-state index contributed by atoms with van der Waals surface area (Å²) in [4.78, 5) is 13.3. The molecule has 1 atom stereocenters. The molecular formula is C10H14N2OS. The molecule has 0 aliphatic carbocycles. The van der Waals surface area contributed by atoms with E-state index in [0.29, 0.717) is 11.9 Å². The number of nitrogens with zero attached hydrogens (tertiary/aromatic N) is 2. The molecule has 0 spiro atoms. The van der Waals surface area contributed by atoms with Gasteiger partial charge in [-0.05, 0) is 31.2 Å². The fourth-order valence-electron chi connectivity index (χ4n) is 2.30. The minimum atomic E-state index is 0.311. The highest BCUT2D eigenvalue weighted by molar-refractivity contribution is 8.00. The van der Waals surface area contributed by atoms with E-state index in [1.807, 2.05) is 4.90 Å². The van der Waals surface area contributed by atoms with E-state index in [0.717, 1.165) is 12.8 Å². The maximum atomic E-state index is 11.3. The van der Waals surface area contributed by atoms with Crippen LogP contribution in [0.4, 0.5) is 0 Å². The van der Waals surface area contributed by atoms with Gasteiger partial charge in [-0.15, -0.1) is 0 Å². The van der Waals surface area contributed by atoms with Gasteiger partial charge in [-0.1, -0.05) is 6.08 Å². The van der Waals surface area contributed by atoms with Gasteiger partial charge in [0.15, 0.2) is 0 Å². The molecule has 0 unspecified atom stereocenters. The van der Waals surface area contributed by atoms with Gasteiger partial charge >= 0.3 is 0 Å². The summed E-state index contributed by atoms with van der Waals surface area (Å²) in [5.74, 6) is 0.311. The van der Waals surface area contributed by atoms with Gasteiger partial charge in [-0.25, -0.2) is 4.31 Å². The van der Waals surface area contributed by atoms with Crippen molar-refractivity contribution in [1.29, 1.82) is 0 Å². The number of carbonyl (C=O) groups excluding carboxylic acids is 1. The van der Waals surface area contributed by atoms with Crippen molar-refractivity contribution in [2.45, 2.75) is 31.7 Å². The Morgan fingerprint density at radius 1 is 1.36 bits per heavy atom. The lowest BCUT2D eigenvalue weighted by Gasteiger charge is -2.37. The largest absolute Gasteiger partial charge is 0.302 e. The Morgan fingerprint density at radius 2 is 2.14 bits per heavy atom. The monoisotopic (exact) mass is 210 g/mol. The Bertz CT molecular complexity index is 296. The molecule has 0 bridgehead atoms. The number of hydrogen-bond donors (Lipinski definition) is 0. The SMILES string of the molecule is O=C1C[C@H]2CC=C(SN3CCCC3)N12. The van der Waals surface area contributed by atoms with Crippen LogP contribution in [0.25, 0.3) is 0 Å². The van der Waals surface area contributed by atoms with Crippen molar-refractivity contribution < 1.29 is 4.79 Å². The van der Waals surface area contributed by atoms with Crippen molar-refractivity contribution in [3.63, 3.8) is 0 Å². The maximum Gasteiger partial charge on any atom is 0.229 e. The van der Waals surface area contributed by atoms with E-state index < -0.39 is 0 Å². The lowest BCUT2D eigenvalue weighted by molar-refractivity contribution is -0.140. The first-order chi connectivity index (χ1) is 6.84. The van der Waals surface area contributed by atoms with Gasteiger partial charge < -0.3 is 4.90 Å². The molecule has 1 amide bonds. The van der Waals surface area contributed by atoms with E-state index in [4.69, 9.17) is 0 Å². The average Bonchev–Trinajstić information content (AvgIpc) is 2.72. The van der Waals surface area contributed by atoms with E-state index in [1.54, 1.807) is 11.9 Å². The van der Waals surface area contributed by atoms with E-state index in [1.165, 1.54) is 31.0 Å². The lowest BCUT2D eigenvalue weighted by atomic mass is 10.0. The van der Waals surface area contributed by atoms with Crippen molar-refractivity contribution >= 4 is 17.9 Å². The molecule has 3 aliphatic heterocycles.